The third-order valence-corrected chi connectivity index (χ3v) is 4.06. The average Bonchev–Trinajstić information content (AvgIpc) is 2.48. The van der Waals surface area contributed by atoms with Crippen molar-refractivity contribution in [3.8, 4) is 0 Å². The number of carbonyl (C=O) groups is 1. The van der Waals surface area contributed by atoms with E-state index in [9.17, 15) is 9.18 Å². The van der Waals surface area contributed by atoms with Gasteiger partial charge < -0.3 is 10.2 Å². The van der Waals surface area contributed by atoms with Crippen molar-refractivity contribution in [1.29, 1.82) is 0 Å². The summed E-state index contributed by atoms with van der Waals surface area (Å²) in [5.41, 5.74) is 1.19. The van der Waals surface area contributed by atoms with Crippen LogP contribution in [0.5, 0.6) is 0 Å². The van der Waals surface area contributed by atoms with E-state index in [2.05, 4.69) is 5.32 Å². The van der Waals surface area contributed by atoms with Crippen LogP contribution in [0.25, 0.3) is 0 Å². The van der Waals surface area contributed by atoms with Gasteiger partial charge in [0, 0.05) is 18.8 Å². The summed E-state index contributed by atoms with van der Waals surface area (Å²) in [7, 11) is 1.69. The Kier molecular flexibility index (Phi) is 5.12. The zero-order valence-corrected chi connectivity index (χ0v) is 12.3. The Labute approximate surface area is 120 Å². The first-order valence-electron chi connectivity index (χ1n) is 7.34. The molecule has 0 saturated heterocycles. The second kappa shape index (κ2) is 6.84. The third kappa shape index (κ3) is 3.79. The molecule has 1 N–H and O–H groups in total. The quantitative estimate of drug-likeness (QED) is 0.918. The van der Waals surface area contributed by atoms with Crippen molar-refractivity contribution in [2.24, 2.45) is 0 Å². The molecular formula is C16H23FN2O. The fraction of sp³-hybridized carbons (Fsp3) is 0.562. The molecule has 1 aromatic rings. The minimum atomic E-state index is -0.276. The highest BCUT2D eigenvalue weighted by Gasteiger charge is 2.16. The first-order chi connectivity index (χ1) is 9.58. The smallest absolute Gasteiger partial charge is 0.240 e. The lowest BCUT2D eigenvalue weighted by atomic mass is 9.95. The van der Waals surface area contributed by atoms with Gasteiger partial charge in [0.1, 0.15) is 5.82 Å². The van der Waals surface area contributed by atoms with Crippen LogP contribution < -0.4 is 10.2 Å². The van der Waals surface area contributed by atoms with Crippen LogP contribution in [0.4, 0.5) is 10.1 Å². The highest BCUT2D eigenvalue weighted by molar-refractivity contribution is 5.94. The molecule has 1 aliphatic rings. The van der Waals surface area contributed by atoms with Crippen molar-refractivity contribution in [2.45, 2.75) is 45.1 Å². The van der Waals surface area contributed by atoms with E-state index in [1.54, 1.807) is 26.1 Å². The summed E-state index contributed by atoms with van der Waals surface area (Å²) in [5, 5.41) is 3.31. The first-order valence-corrected chi connectivity index (χ1v) is 7.34. The number of anilines is 1. The molecular weight excluding hydrogens is 255 g/mol. The molecule has 0 heterocycles. The number of benzene rings is 1. The summed E-state index contributed by atoms with van der Waals surface area (Å²) < 4.78 is 13.5. The standard InChI is InChI=1S/C16H23FN2O/c1-12-8-9-14(10-15(12)17)19(2)16(20)11-18-13-6-4-3-5-7-13/h8-10,13,18H,3-7,11H2,1-2H3. The third-order valence-electron chi connectivity index (χ3n) is 4.06. The molecule has 4 heteroatoms. The fourth-order valence-electron chi connectivity index (χ4n) is 2.59. The Hall–Kier alpha value is -1.42. The predicted molar refractivity (Wildman–Crippen MR) is 79.4 cm³/mol. The number of amides is 1. The summed E-state index contributed by atoms with van der Waals surface area (Å²) in [6.45, 7) is 2.03. The molecule has 0 aromatic heterocycles. The van der Waals surface area contributed by atoms with Gasteiger partial charge in [0.2, 0.25) is 5.91 Å². The molecule has 1 amide bonds. The Morgan fingerprint density at radius 2 is 2.05 bits per heavy atom. The maximum atomic E-state index is 13.5. The molecule has 110 valence electrons. The van der Waals surface area contributed by atoms with Crippen molar-refractivity contribution < 1.29 is 9.18 Å². The van der Waals surface area contributed by atoms with Gasteiger partial charge in [-0.05, 0) is 37.5 Å². The van der Waals surface area contributed by atoms with Crippen LogP contribution in [0, 0.1) is 12.7 Å². The van der Waals surface area contributed by atoms with Gasteiger partial charge >= 0.3 is 0 Å². The highest BCUT2D eigenvalue weighted by atomic mass is 19.1. The number of aryl methyl sites for hydroxylation is 1. The number of nitrogens with zero attached hydrogens (tertiary/aromatic N) is 1. The van der Waals surface area contributed by atoms with Crippen LogP contribution in [0.1, 0.15) is 37.7 Å². The number of nitrogens with one attached hydrogen (secondary N) is 1. The topological polar surface area (TPSA) is 32.3 Å². The SMILES string of the molecule is Cc1ccc(N(C)C(=O)CNC2CCCCC2)cc1F. The van der Waals surface area contributed by atoms with Gasteiger partial charge in [-0.1, -0.05) is 25.3 Å². The van der Waals surface area contributed by atoms with Crippen LogP contribution in [0.3, 0.4) is 0 Å². The monoisotopic (exact) mass is 278 g/mol. The molecule has 1 aromatic carbocycles. The van der Waals surface area contributed by atoms with Gasteiger partial charge in [-0.15, -0.1) is 0 Å². The molecule has 0 radical (unpaired) electrons. The number of rotatable bonds is 4. The summed E-state index contributed by atoms with van der Waals surface area (Å²) in [4.78, 5) is 13.6. The number of carbonyl (C=O) groups excluding carboxylic acids is 1. The predicted octanol–water partition coefficient (Wildman–Crippen LogP) is 3.02. The Bertz CT molecular complexity index is 470. The summed E-state index contributed by atoms with van der Waals surface area (Å²) >= 11 is 0. The van der Waals surface area contributed by atoms with Crippen LogP contribution in [0.2, 0.25) is 0 Å². The van der Waals surface area contributed by atoms with Crippen LogP contribution in [-0.4, -0.2) is 25.5 Å². The Balaban J connectivity index is 1.89. The van der Waals surface area contributed by atoms with Crippen molar-refractivity contribution in [1.82, 2.24) is 5.32 Å². The van der Waals surface area contributed by atoms with E-state index in [-0.39, 0.29) is 11.7 Å². The van der Waals surface area contributed by atoms with Gasteiger partial charge in [0.05, 0.1) is 6.54 Å². The first kappa shape index (κ1) is 15.0. The second-order valence-corrected chi connectivity index (χ2v) is 5.60. The largest absolute Gasteiger partial charge is 0.314 e. The summed E-state index contributed by atoms with van der Waals surface area (Å²) in [6, 6.07) is 5.34. The van der Waals surface area contributed by atoms with Crippen molar-refractivity contribution in [2.75, 3.05) is 18.5 Å². The molecule has 0 spiro atoms. The molecule has 3 nitrogen and oxygen atoms in total. The molecule has 20 heavy (non-hydrogen) atoms. The zero-order chi connectivity index (χ0) is 14.5. The Morgan fingerprint density at radius 1 is 1.35 bits per heavy atom. The van der Waals surface area contributed by atoms with Crippen LogP contribution in [-0.2, 0) is 4.79 Å². The maximum absolute atomic E-state index is 13.5. The van der Waals surface area contributed by atoms with Crippen LogP contribution >= 0.6 is 0 Å². The van der Waals surface area contributed by atoms with E-state index in [0.717, 1.165) is 12.8 Å². The van der Waals surface area contributed by atoms with E-state index in [0.29, 0.717) is 23.8 Å². The lowest BCUT2D eigenvalue weighted by molar-refractivity contribution is -0.117. The van der Waals surface area contributed by atoms with Gasteiger partial charge in [-0.3, -0.25) is 4.79 Å². The minimum absolute atomic E-state index is 0.0289. The molecule has 1 fully saturated rings. The Morgan fingerprint density at radius 3 is 2.70 bits per heavy atom. The molecule has 2 rings (SSSR count). The number of hydrogen-bond acceptors (Lipinski definition) is 2. The minimum Gasteiger partial charge on any atom is -0.314 e. The summed E-state index contributed by atoms with van der Waals surface area (Å²) in [6.07, 6.45) is 6.08. The van der Waals surface area contributed by atoms with E-state index in [4.69, 9.17) is 0 Å². The van der Waals surface area contributed by atoms with Gasteiger partial charge in [-0.2, -0.15) is 0 Å². The normalized spacial score (nSPS) is 16.1. The second-order valence-electron chi connectivity index (χ2n) is 5.60. The zero-order valence-electron chi connectivity index (χ0n) is 12.3. The van der Waals surface area contributed by atoms with Crippen molar-refractivity contribution in [3.05, 3.63) is 29.6 Å². The molecule has 0 atom stereocenters. The van der Waals surface area contributed by atoms with Crippen LogP contribution in [0.15, 0.2) is 18.2 Å². The average molecular weight is 278 g/mol. The van der Waals surface area contributed by atoms with Gasteiger partial charge in [-0.25, -0.2) is 4.39 Å². The van der Waals surface area contributed by atoms with Gasteiger partial charge in [0.15, 0.2) is 0 Å². The lowest BCUT2D eigenvalue weighted by Crippen LogP contribution is -2.40. The van der Waals surface area contributed by atoms with Crippen molar-refractivity contribution >= 4 is 11.6 Å². The van der Waals surface area contributed by atoms with E-state index in [1.165, 1.54) is 30.2 Å². The highest BCUT2D eigenvalue weighted by Crippen LogP contribution is 2.18. The molecule has 1 aliphatic carbocycles. The lowest BCUT2D eigenvalue weighted by Gasteiger charge is -2.24. The molecule has 0 bridgehead atoms. The summed E-state index contributed by atoms with van der Waals surface area (Å²) in [5.74, 6) is -0.304. The van der Waals surface area contributed by atoms with E-state index >= 15 is 0 Å². The van der Waals surface area contributed by atoms with Gasteiger partial charge in [0.25, 0.3) is 0 Å². The molecule has 0 unspecified atom stereocenters. The number of hydrogen-bond donors (Lipinski definition) is 1. The van der Waals surface area contributed by atoms with E-state index in [1.807, 2.05) is 0 Å². The van der Waals surface area contributed by atoms with Crippen molar-refractivity contribution in [3.63, 3.8) is 0 Å². The van der Waals surface area contributed by atoms with E-state index < -0.39 is 0 Å². The molecule has 0 aliphatic heterocycles. The molecule has 1 saturated carbocycles. The fourth-order valence-corrected chi connectivity index (χ4v) is 2.59. The number of likely N-dealkylation sites (N-methyl/N-ethyl adjacent to an activating group) is 1. The number of halogens is 1. The maximum Gasteiger partial charge on any atom is 0.240 e.